The molecule has 0 fully saturated rings. The maximum absolute atomic E-state index is 9.13. The van der Waals surface area contributed by atoms with E-state index in [9.17, 15) is 0 Å². The van der Waals surface area contributed by atoms with Gasteiger partial charge in [-0.15, -0.1) is 0 Å². The Bertz CT molecular complexity index is 620. The van der Waals surface area contributed by atoms with E-state index in [0.717, 1.165) is 23.4 Å². The van der Waals surface area contributed by atoms with Crippen LogP contribution in [0, 0.1) is 13.8 Å². The number of aromatic nitrogens is 2. The van der Waals surface area contributed by atoms with E-state index < -0.39 is 0 Å². The van der Waals surface area contributed by atoms with Gasteiger partial charge in [0.1, 0.15) is 5.82 Å². The van der Waals surface area contributed by atoms with Crippen molar-refractivity contribution in [2.24, 2.45) is 5.73 Å². The second-order valence-corrected chi connectivity index (χ2v) is 5.72. The molecule has 2 aromatic rings. The molecule has 1 heterocycles. The van der Waals surface area contributed by atoms with Crippen molar-refractivity contribution in [3.05, 3.63) is 29.1 Å². The highest BCUT2D eigenvalue weighted by Gasteiger charge is 2.20. The zero-order chi connectivity index (χ0) is 15.6. The van der Waals surface area contributed by atoms with Crippen molar-refractivity contribution in [1.82, 2.24) is 14.5 Å². The molecule has 21 heavy (non-hydrogen) atoms. The first-order chi connectivity index (χ1) is 9.99. The van der Waals surface area contributed by atoms with Gasteiger partial charge in [-0.25, -0.2) is 4.98 Å². The monoisotopic (exact) mass is 290 g/mol. The van der Waals surface area contributed by atoms with Crippen LogP contribution in [0.5, 0.6) is 0 Å². The van der Waals surface area contributed by atoms with Crippen LogP contribution in [0.25, 0.3) is 11.0 Å². The third-order valence-electron chi connectivity index (χ3n) is 4.23. The van der Waals surface area contributed by atoms with Crippen molar-refractivity contribution in [2.45, 2.75) is 33.4 Å². The quantitative estimate of drug-likeness (QED) is 0.848. The summed E-state index contributed by atoms with van der Waals surface area (Å²) in [5, 5.41) is 9.13. The number of imidazole rings is 1. The maximum Gasteiger partial charge on any atom is 0.127 e. The van der Waals surface area contributed by atoms with Crippen molar-refractivity contribution in [3.63, 3.8) is 0 Å². The van der Waals surface area contributed by atoms with E-state index in [1.807, 2.05) is 7.05 Å². The summed E-state index contributed by atoms with van der Waals surface area (Å²) in [6.07, 6.45) is 0. The Labute approximate surface area is 126 Å². The molecule has 0 aliphatic heterocycles. The highest BCUT2D eigenvalue weighted by molar-refractivity contribution is 5.78. The Balaban J connectivity index is 2.54. The van der Waals surface area contributed by atoms with Gasteiger partial charge < -0.3 is 15.4 Å². The number of aliphatic hydroxyl groups is 1. The van der Waals surface area contributed by atoms with Crippen LogP contribution in [0.2, 0.25) is 0 Å². The van der Waals surface area contributed by atoms with Crippen molar-refractivity contribution < 1.29 is 5.11 Å². The van der Waals surface area contributed by atoms with E-state index in [0.29, 0.717) is 13.1 Å². The lowest BCUT2D eigenvalue weighted by atomic mass is 10.1. The van der Waals surface area contributed by atoms with Crippen LogP contribution in [0.1, 0.15) is 29.9 Å². The molecule has 0 aliphatic carbocycles. The summed E-state index contributed by atoms with van der Waals surface area (Å²) in [7, 11) is 2.00. The molecule has 0 saturated heterocycles. The van der Waals surface area contributed by atoms with Crippen LogP contribution in [0.3, 0.4) is 0 Å². The summed E-state index contributed by atoms with van der Waals surface area (Å²) < 4.78 is 2.21. The molecular weight excluding hydrogens is 264 g/mol. The number of likely N-dealkylation sites (N-methyl/N-ethyl adjacent to an activating group) is 1. The van der Waals surface area contributed by atoms with Crippen LogP contribution >= 0.6 is 0 Å². The van der Waals surface area contributed by atoms with Crippen molar-refractivity contribution >= 4 is 11.0 Å². The fraction of sp³-hybridized carbons (Fsp3) is 0.562. The number of benzene rings is 1. The molecule has 0 bridgehead atoms. The minimum atomic E-state index is 0.136. The summed E-state index contributed by atoms with van der Waals surface area (Å²) in [6.45, 7) is 8.46. The first-order valence-corrected chi connectivity index (χ1v) is 7.48. The molecule has 0 saturated carbocycles. The van der Waals surface area contributed by atoms with E-state index >= 15 is 0 Å². The minimum Gasteiger partial charge on any atom is -0.395 e. The maximum atomic E-state index is 9.13. The lowest BCUT2D eigenvalue weighted by Crippen LogP contribution is -2.28. The smallest absolute Gasteiger partial charge is 0.127 e. The standard InChI is InChI=1S/C16H26N4O/c1-11-9-14-15(10-12(11)2)20(6-5-17)16(18-14)13(3)19(4)7-8-21/h9-10,13,21H,5-8,17H2,1-4H3. The number of rotatable bonds is 6. The molecule has 2 rings (SSSR count). The second kappa shape index (κ2) is 6.56. The normalized spacial score (nSPS) is 13.3. The number of hydrogen-bond donors (Lipinski definition) is 2. The number of aliphatic hydroxyl groups excluding tert-OH is 1. The van der Waals surface area contributed by atoms with Gasteiger partial charge in [-0.3, -0.25) is 4.90 Å². The van der Waals surface area contributed by atoms with Crippen molar-refractivity contribution in [3.8, 4) is 0 Å². The van der Waals surface area contributed by atoms with Gasteiger partial charge in [0.05, 0.1) is 23.7 Å². The molecule has 0 radical (unpaired) electrons. The summed E-state index contributed by atoms with van der Waals surface area (Å²) in [4.78, 5) is 6.93. The largest absolute Gasteiger partial charge is 0.395 e. The van der Waals surface area contributed by atoms with E-state index in [2.05, 4.69) is 42.4 Å². The molecule has 1 unspecified atom stereocenters. The van der Waals surface area contributed by atoms with Gasteiger partial charge in [-0.05, 0) is 51.1 Å². The average Bonchev–Trinajstić information content (AvgIpc) is 2.77. The molecule has 0 amide bonds. The van der Waals surface area contributed by atoms with Gasteiger partial charge in [-0.1, -0.05) is 0 Å². The van der Waals surface area contributed by atoms with Crippen molar-refractivity contribution in [2.75, 3.05) is 26.7 Å². The number of aryl methyl sites for hydroxylation is 2. The van der Waals surface area contributed by atoms with E-state index in [-0.39, 0.29) is 12.6 Å². The molecule has 116 valence electrons. The van der Waals surface area contributed by atoms with Crippen LogP contribution < -0.4 is 5.73 Å². The third-order valence-corrected chi connectivity index (χ3v) is 4.23. The van der Waals surface area contributed by atoms with Gasteiger partial charge in [0.25, 0.3) is 0 Å². The van der Waals surface area contributed by atoms with E-state index in [1.54, 1.807) is 0 Å². The number of fused-ring (bicyclic) bond motifs is 1. The minimum absolute atomic E-state index is 0.136. The zero-order valence-corrected chi connectivity index (χ0v) is 13.4. The Kier molecular flexibility index (Phi) is 4.98. The van der Waals surface area contributed by atoms with Gasteiger partial charge in [-0.2, -0.15) is 0 Å². The molecule has 1 atom stereocenters. The fourth-order valence-corrected chi connectivity index (χ4v) is 2.63. The Morgan fingerprint density at radius 3 is 2.62 bits per heavy atom. The predicted octanol–water partition coefficient (Wildman–Crippen LogP) is 1.60. The molecule has 5 nitrogen and oxygen atoms in total. The molecule has 1 aromatic heterocycles. The average molecular weight is 290 g/mol. The number of nitrogens with zero attached hydrogens (tertiary/aromatic N) is 3. The Hall–Kier alpha value is -1.43. The van der Waals surface area contributed by atoms with Crippen LogP contribution in [0.4, 0.5) is 0 Å². The first-order valence-electron chi connectivity index (χ1n) is 7.48. The number of hydrogen-bond acceptors (Lipinski definition) is 4. The Morgan fingerprint density at radius 1 is 1.33 bits per heavy atom. The summed E-state index contributed by atoms with van der Waals surface area (Å²) in [6, 6.07) is 4.46. The van der Waals surface area contributed by atoms with Gasteiger partial charge in [0.2, 0.25) is 0 Å². The topological polar surface area (TPSA) is 67.3 Å². The van der Waals surface area contributed by atoms with Crippen LogP contribution in [0.15, 0.2) is 12.1 Å². The summed E-state index contributed by atoms with van der Waals surface area (Å²) in [5.74, 6) is 1.01. The van der Waals surface area contributed by atoms with E-state index in [1.165, 1.54) is 11.1 Å². The zero-order valence-electron chi connectivity index (χ0n) is 13.4. The molecular formula is C16H26N4O. The highest BCUT2D eigenvalue weighted by Crippen LogP contribution is 2.26. The predicted molar refractivity (Wildman–Crippen MR) is 86.4 cm³/mol. The summed E-state index contributed by atoms with van der Waals surface area (Å²) in [5.41, 5.74) is 10.5. The fourth-order valence-electron chi connectivity index (χ4n) is 2.63. The lowest BCUT2D eigenvalue weighted by Gasteiger charge is -2.24. The SMILES string of the molecule is Cc1cc2nc(C(C)N(C)CCO)n(CCN)c2cc1C. The summed E-state index contributed by atoms with van der Waals surface area (Å²) >= 11 is 0. The number of nitrogens with two attached hydrogens (primary N) is 1. The van der Waals surface area contributed by atoms with Gasteiger partial charge in [0, 0.05) is 19.6 Å². The van der Waals surface area contributed by atoms with Crippen LogP contribution in [-0.2, 0) is 6.54 Å². The van der Waals surface area contributed by atoms with E-state index in [4.69, 9.17) is 15.8 Å². The highest BCUT2D eigenvalue weighted by atomic mass is 16.3. The van der Waals surface area contributed by atoms with Crippen molar-refractivity contribution in [1.29, 1.82) is 0 Å². The van der Waals surface area contributed by atoms with Crippen LogP contribution in [-0.4, -0.2) is 46.3 Å². The second-order valence-electron chi connectivity index (χ2n) is 5.72. The molecule has 1 aromatic carbocycles. The third kappa shape index (κ3) is 3.10. The first kappa shape index (κ1) is 15.9. The molecule has 0 aliphatic rings. The molecule has 0 spiro atoms. The van der Waals surface area contributed by atoms with Gasteiger partial charge in [0.15, 0.2) is 0 Å². The lowest BCUT2D eigenvalue weighted by molar-refractivity contribution is 0.182. The molecule has 5 heteroatoms. The Morgan fingerprint density at radius 2 is 2.00 bits per heavy atom. The van der Waals surface area contributed by atoms with Gasteiger partial charge >= 0.3 is 0 Å². The molecule has 3 N–H and O–H groups in total.